The Morgan fingerprint density at radius 1 is 0.581 bits per heavy atom. The molecule has 11 heteroatoms. The summed E-state index contributed by atoms with van der Waals surface area (Å²) in [4.78, 5) is 0. The average molecular weight is 608 g/mol. The molecule has 0 fully saturated rings. The molecule has 0 bridgehead atoms. The second-order valence-corrected chi connectivity index (χ2v) is 9.65. The van der Waals surface area contributed by atoms with Gasteiger partial charge >= 0.3 is 6.11 Å². The zero-order valence-electron chi connectivity index (χ0n) is 22.0. The van der Waals surface area contributed by atoms with Crippen LogP contribution in [0.25, 0.3) is 33.0 Å². The molecule has 0 saturated heterocycles. The third-order valence-corrected chi connectivity index (χ3v) is 6.80. The van der Waals surface area contributed by atoms with Crippen LogP contribution in [0.2, 0.25) is 0 Å². The number of benzene rings is 5. The second-order valence-electron chi connectivity index (χ2n) is 9.65. The molecule has 0 aromatic heterocycles. The predicted molar refractivity (Wildman–Crippen MR) is 139 cm³/mol. The van der Waals surface area contributed by atoms with Crippen molar-refractivity contribution in [3.05, 3.63) is 124 Å². The van der Waals surface area contributed by atoms with Gasteiger partial charge in [-0.25, -0.2) is 35.1 Å². The third kappa shape index (κ3) is 5.51. The van der Waals surface area contributed by atoms with E-state index in [-0.39, 0.29) is 27.8 Å². The van der Waals surface area contributed by atoms with Gasteiger partial charge in [-0.3, -0.25) is 0 Å². The van der Waals surface area contributed by atoms with Crippen LogP contribution in [0.15, 0.2) is 66.7 Å². The van der Waals surface area contributed by atoms with Gasteiger partial charge in [-0.1, -0.05) is 43.7 Å². The summed E-state index contributed by atoms with van der Waals surface area (Å²) in [5.41, 5.74) is -1.81. The molecule has 43 heavy (non-hydrogen) atoms. The highest BCUT2D eigenvalue weighted by atomic mass is 19.3. The summed E-state index contributed by atoms with van der Waals surface area (Å²) in [5, 5.41) is -1.63. The first-order chi connectivity index (χ1) is 20.3. The van der Waals surface area contributed by atoms with Crippen molar-refractivity contribution in [2.24, 2.45) is 0 Å². The first kappa shape index (κ1) is 29.9. The van der Waals surface area contributed by atoms with E-state index in [1.54, 1.807) is 6.92 Å². The molecule has 0 aliphatic carbocycles. The van der Waals surface area contributed by atoms with E-state index in [1.807, 2.05) is 0 Å². The fourth-order valence-corrected chi connectivity index (χ4v) is 4.73. The summed E-state index contributed by atoms with van der Waals surface area (Å²) >= 11 is 0. The first-order valence-corrected chi connectivity index (χ1v) is 12.7. The van der Waals surface area contributed by atoms with E-state index in [4.69, 9.17) is 0 Å². The maximum atomic E-state index is 15.0. The average Bonchev–Trinajstić information content (AvgIpc) is 2.93. The van der Waals surface area contributed by atoms with Crippen molar-refractivity contribution in [2.45, 2.75) is 25.9 Å². The second kappa shape index (κ2) is 11.3. The number of halogens is 10. The number of rotatable bonds is 7. The van der Waals surface area contributed by atoms with Crippen molar-refractivity contribution in [3.63, 3.8) is 0 Å². The Morgan fingerprint density at radius 2 is 1.23 bits per heavy atom. The summed E-state index contributed by atoms with van der Waals surface area (Å²) in [6.45, 7) is 1.80. The Morgan fingerprint density at radius 3 is 1.91 bits per heavy atom. The predicted octanol–water partition coefficient (Wildman–Crippen LogP) is 10.4. The van der Waals surface area contributed by atoms with Crippen LogP contribution < -0.4 is 4.74 Å². The Hall–Kier alpha value is -4.54. The summed E-state index contributed by atoms with van der Waals surface area (Å²) in [6.07, 6.45) is -3.56. The fraction of sp³-hybridized carbons (Fsp3) is 0.125. The highest BCUT2D eigenvalue weighted by molar-refractivity contribution is 5.85. The van der Waals surface area contributed by atoms with Crippen LogP contribution >= 0.6 is 0 Å². The van der Waals surface area contributed by atoms with Crippen LogP contribution in [0.5, 0.6) is 5.75 Å². The molecule has 1 nitrogen and oxygen atoms in total. The first-order valence-electron chi connectivity index (χ1n) is 12.7. The lowest BCUT2D eigenvalue weighted by Gasteiger charge is -2.20. The van der Waals surface area contributed by atoms with E-state index in [2.05, 4.69) is 4.74 Å². The molecule has 0 N–H and O–H groups in total. The minimum absolute atomic E-state index is 0.0113. The lowest BCUT2D eigenvalue weighted by molar-refractivity contribution is -0.187. The minimum atomic E-state index is -4.45. The molecule has 5 aromatic carbocycles. The number of hydrogen-bond donors (Lipinski definition) is 0. The zero-order chi connectivity index (χ0) is 31.2. The van der Waals surface area contributed by atoms with Gasteiger partial charge in [-0.05, 0) is 58.8 Å². The summed E-state index contributed by atoms with van der Waals surface area (Å²) in [6, 6.07) is 9.40. The molecule has 0 heterocycles. The molecule has 0 unspecified atom stereocenters. The van der Waals surface area contributed by atoms with Crippen LogP contribution in [0.4, 0.5) is 43.9 Å². The van der Waals surface area contributed by atoms with Gasteiger partial charge in [0, 0.05) is 17.2 Å². The molecule has 0 amide bonds. The quantitative estimate of drug-likeness (QED) is 0.132. The van der Waals surface area contributed by atoms with Crippen molar-refractivity contribution in [3.8, 4) is 28.0 Å². The topological polar surface area (TPSA) is 9.23 Å². The van der Waals surface area contributed by atoms with Gasteiger partial charge in [-0.2, -0.15) is 8.78 Å². The van der Waals surface area contributed by atoms with Crippen LogP contribution in [0.3, 0.4) is 0 Å². The summed E-state index contributed by atoms with van der Waals surface area (Å²) < 4.78 is 149. The Balaban J connectivity index is 1.43. The molecular weight excluding hydrogens is 590 g/mol. The van der Waals surface area contributed by atoms with Crippen LogP contribution in [-0.2, 0) is 12.5 Å². The van der Waals surface area contributed by atoms with Gasteiger partial charge in [0.15, 0.2) is 29.1 Å². The van der Waals surface area contributed by atoms with Crippen molar-refractivity contribution < 1.29 is 48.6 Å². The number of hydrogen-bond acceptors (Lipinski definition) is 1. The van der Waals surface area contributed by atoms with E-state index in [0.717, 1.165) is 18.2 Å². The molecule has 222 valence electrons. The number of alkyl halides is 2. The van der Waals surface area contributed by atoms with E-state index >= 15 is 4.39 Å². The van der Waals surface area contributed by atoms with Crippen molar-refractivity contribution in [1.82, 2.24) is 0 Å². The van der Waals surface area contributed by atoms with Crippen LogP contribution in [0.1, 0.15) is 24.5 Å². The molecule has 0 aliphatic heterocycles. The molecule has 0 aliphatic rings. The summed E-state index contributed by atoms with van der Waals surface area (Å²) in [7, 11) is 0. The van der Waals surface area contributed by atoms with Gasteiger partial charge in [0.2, 0.25) is 0 Å². The van der Waals surface area contributed by atoms with Crippen molar-refractivity contribution >= 4 is 10.8 Å². The lowest BCUT2D eigenvalue weighted by atomic mass is 9.97. The normalized spacial score (nSPS) is 11.8. The highest BCUT2D eigenvalue weighted by Crippen LogP contribution is 2.38. The number of fused-ring (bicyclic) bond motifs is 1. The standard InChI is InChI=1S/C32H18F10O/c1-2-3-15-4-8-21(29(38)28(15)37)17-5-7-20(23(33)11-17)16-6-9-22(24(34)12-16)32(41,42)43-19-10-18-13-26(36)30(39)31(40)27(18)25(35)14-19/h4-14H,2-3H2,1H3. The van der Waals surface area contributed by atoms with E-state index in [1.165, 1.54) is 18.2 Å². The monoisotopic (exact) mass is 608 g/mol. The Kier molecular flexibility index (Phi) is 7.85. The smallest absolute Gasteiger partial charge is 0.429 e. The van der Waals surface area contributed by atoms with Gasteiger partial charge < -0.3 is 4.74 Å². The summed E-state index contributed by atoms with van der Waals surface area (Å²) in [5.74, 6) is -12.7. The molecule has 0 radical (unpaired) electrons. The molecule has 0 saturated carbocycles. The van der Waals surface area contributed by atoms with E-state index in [9.17, 15) is 39.5 Å². The highest BCUT2D eigenvalue weighted by Gasteiger charge is 2.38. The Bertz CT molecular complexity index is 1880. The van der Waals surface area contributed by atoms with E-state index < -0.39 is 74.7 Å². The van der Waals surface area contributed by atoms with Gasteiger partial charge in [0.05, 0.1) is 10.9 Å². The van der Waals surface area contributed by atoms with Crippen molar-refractivity contribution in [2.75, 3.05) is 0 Å². The zero-order valence-corrected chi connectivity index (χ0v) is 22.0. The fourth-order valence-electron chi connectivity index (χ4n) is 4.73. The van der Waals surface area contributed by atoms with Crippen LogP contribution in [0, 0.1) is 46.5 Å². The largest absolute Gasteiger partial charge is 0.429 e. The lowest BCUT2D eigenvalue weighted by Crippen LogP contribution is -2.23. The number of aryl methyl sites for hydroxylation is 1. The van der Waals surface area contributed by atoms with Crippen LogP contribution in [-0.4, -0.2) is 0 Å². The maximum Gasteiger partial charge on any atom is 0.429 e. The van der Waals surface area contributed by atoms with Gasteiger partial charge in [0.1, 0.15) is 23.2 Å². The number of ether oxygens (including phenoxy) is 1. The molecule has 0 spiro atoms. The SMILES string of the molecule is CCCc1ccc(-c2ccc(-c3ccc(C(F)(F)Oc4cc(F)c5c(F)c(F)c(F)cc5c4)c(F)c3)c(F)c2)c(F)c1F. The molecule has 5 rings (SSSR count). The Labute approximate surface area is 238 Å². The van der Waals surface area contributed by atoms with E-state index in [0.29, 0.717) is 43.2 Å². The third-order valence-electron chi connectivity index (χ3n) is 6.80. The molecule has 0 atom stereocenters. The van der Waals surface area contributed by atoms with Gasteiger partial charge in [-0.15, -0.1) is 0 Å². The van der Waals surface area contributed by atoms with Crippen molar-refractivity contribution in [1.29, 1.82) is 0 Å². The molecular formula is C32H18F10O. The van der Waals surface area contributed by atoms with Gasteiger partial charge in [0.25, 0.3) is 0 Å². The molecule has 5 aromatic rings. The maximum absolute atomic E-state index is 15.0. The minimum Gasteiger partial charge on any atom is -0.429 e.